The highest BCUT2D eigenvalue weighted by Crippen LogP contribution is 2.06. The minimum atomic E-state index is -1.33. The molecule has 0 radical (unpaired) electrons. The van der Waals surface area contributed by atoms with Gasteiger partial charge < -0.3 is 5.11 Å². The van der Waals surface area contributed by atoms with Crippen LogP contribution < -0.4 is 0 Å². The first-order valence-corrected chi connectivity index (χ1v) is 4.07. The molecular formula is C10H9ClN2O3. The van der Waals surface area contributed by atoms with Crippen LogP contribution in [0.25, 0.3) is 0 Å². The van der Waals surface area contributed by atoms with Crippen LogP contribution in [0, 0.1) is 11.3 Å². The number of carbonyl (C=O) groups excluding carboxylic acids is 1. The van der Waals surface area contributed by atoms with Gasteiger partial charge in [0.2, 0.25) is 0 Å². The zero-order valence-corrected chi connectivity index (χ0v) is 9.19. The maximum Gasteiger partial charge on any atom is 0.414 e. The fraction of sp³-hybridized carbons (Fsp3) is 0.100. The Morgan fingerprint density at radius 3 is 2.56 bits per heavy atom. The van der Waals surface area contributed by atoms with Gasteiger partial charge in [-0.2, -0.15) is 5.26 Å². The molecule has 0 aliphatic rings. The van der Waals surface area contributed by atoms with Crippen LogP contribution in [0.1, 0.15) is 15.9 Å². The molecule has 16 heavy (non-hydrogen) atoms. The summed E-state index contributed by atoms with van der Waals surface area (Å²) < 4.78 is 0. The summed E-state index contributed by atoms with van der Waals surface area (Å²) in [7, 11) is 1.16. The molecule has 6 heteroatoms. The van der Waals surface area contributed by atoms with Gasteiger partial charge in [-0.05, 0) is 18.2 Å². The number of halogens is 1. The van der Waals surface area contributed by atoms with E-state index < -0.39 is 12.0 Å². The van der Waals surface area contributed by atoms with Crippen molar-refractivity contribution in [1.29, 1.82) is 5.26 Å². The van der Waals surface area contributed by atoms with Crippen molar-refractivity contribution in [1.82, 2.24) is 4.90 Å². The van der Waals surface area contributed by atoms with Gasteiger partial charge >= 0.3 is 6.09 Å². The Bertz CT molecular complexity index is 454. The Morgan fingerprint density at radius 1 is 1.44 bits per heavy atom. The summed E-state index contributed by atoms with van der Waals surface area (Å²) in [5.41, 5.74) is 0.499. The zero-order valence-electron chi connectivity index (χ0n) is 8.38. The maximum absolute atomic E-state index is 11.5. The van der Waals surface area contributed by atoms with Crippen molar-refractivity contribution in [2.45, 2.75) is 0 Å². The van der Waals surface area contributed by atoms with Gasteiger partial charge in [0.1, 0.15) is 0 Å². The fourth-order valence-electron chi connectivity index (χ4n) is 1.00. The Hall–Kier alpha value is -2.06. The molecule has 0 fully saturated rings. The first kappa shape index (κ1) is 13.9. The Kier molecular flexibility index (Phi) is 4.99. The minimum absolute atomic E-state index is 0. The zero-order chi connectivity index (χ0) is 11.4. The molecule has 1 N–H and O–H groups in total. The molecule has 1 aromatic rings. The lowest BCUT2D eigenvalue weighted by atomic mass is 10.1. The summed E-state index contributed by atoms with van der Waals surface area (Å²) in [5, 5.41) is 17.2. The number of carbonyl (C=O) groups is 2. The molecule has 5 nitrogen and oxygen atoms in total. The molecule has 0 aromatic heterocycles. The number of imide groups is 1. The van der Waals surface area contributed by atoms with Crippen molar-refractivity contribution in [2.24, 2.45) is 0 Å². The molecule has 1 rings (SSSR count). The summed E-state index contributed by atoms with van der Waals surface area (Å²) in [4.78, 5) is 22.6. The Labute approximate surface area is 98.3 Å². The fourth-order valence-corrected chi connectivity index (χ4v) is 1.00. The number of amides is 2. The van der Waals surface area contributed by atoms with Crippen molar-refractivity contribution in [3.05, 3.63) is 35.4 Å². The van der Waals surface area contributed by atoms with E-state index in [0.29, 0.717) is 10.5 Å². The van der Waals surface area contributed by atoms with Gasteiger partial charge in [0.05, 0.1) is 11.6 Å². The predicted octanol–water partition coefficient (Wildman–Crippen LogP) is 1.73. The quantitative estimate of drug-likeness (QED) is 0.811. The number of benzene rings is 1. The lowest BCUT2D eigenvalue weighted by Crippen LogP contribution is -2.31. The topological polar surface area (TPSA) is 81.4 Å². The average molecular weight is 241 g/mol. The molecule has 1 aromatic carbocycles. The molecule has 0 atom stereocenters. The van der Waals surface area contributed by atoms with E-state index >= 15 is 0 Å². The van der Waals surface area contributed by atoms with Crippen LogP contribution >= 0.6 is 12.4 Å². The van der Waals surface area contributed by atoms with Gasteiger partial charge in [0.15, 0.2) is 0 Å². The van der Waals surface area contributed by atoms with E-state index in [4.69, 9.17) is 10.4 Å². The van der Waals surface area contributed by atoms with Crippen molar-refractivity contribution in [3.8, 4) is 6.07 Å². The smallest absolute Gasteiger partial charge is 0.414 e. The van der Waals surface area contributed by atoms with Gasteiger partial charge in [0, 0.05) is 12.6 Å². The van der Waals surface area contributed by atoms with E-state index in [1.807, 2.05) is 6.07 Å². The molecule has 0 aliphatic heterocycles. The second-order valence-corrected chi connectivity index (χ2v) is 2.84. The number of nitrogens with zero attached hydrogens (tertiary/aromatic N) is 2. The second-order valence-electron chi connectivity index (χ2n) is 2.84. The van der Waals surface area contributed by atoms with E-state index in [9.17, 15) is 9.59 Å². The van der Waals surface area contributed by atoms with Crippen molar-refractivity contribution < 1.29 is 14.7 Å². The number of nitriles is 1. The number of carboxylic acid groups (broad SMARTS) is 1. The first-order valence-electron chi connectivity index (χ1n) is 4.07. The van der Waals surface area contributed by atoms with Crippen molar-refractivity contribution >= 4 is 24.4 Å². The van der Waals surface area contributed by atoms with Gasteiger partial charge in [-0.25, -0.2) is 9.69 Å². The number of hydrogen-bond acceptors (Lipinski definition) is 3. The lowest BCUT2D eigenvalue weighted by Gasteiger charge is -2.10. The van der Waals surface area contributed by atoms with Crippen molar-refractivity contribution in [2.75, 3.05) is 7.05 Å². The summed E-state index contributed by atoms with van der Waals surface area (Å²) in [6, 6.07) is 7.75. The molecule has 0 heterocycles. The molecule has 0 aliphatic carbocycles. The highest BCUT2D eigenvalue weighted by molar-refractivity contribution is 6.02. The summed E-state index contributed by atoms with van der Waals surface area (Å²) >= 11 is 0. The third kappa shape index (κ3) is 2.97. The van der Waals surface area contributed by atoms with Crippen LogP contribution in [0.3, 0.4) is 0 Å². The minimum Gasteiger partial charge on any atom is -0.465 e. The monoisotopic (exact) mass is 240 g/mol. The predicted molar refractivity (Wildman–Crippen MR) is 58.5 cm³/mol. The van der Waals surface area contributed by atoms with Crippen LogP contribution in [0.4, 0.5) is 4.79 Å². The molecule has 0 spiro atoms. The summed E-state index contributed by atoms with van der Waals surface area (Å²) in [5.74, 6) is -0.653. The van der Waals surface area contributed by atoms with E-state index in [1.54, 1.807) is 0 Å². The molecule has 0 saturated carbocycles. The third-order valence-electron chi connectivity index (χ3n) is 1.83. The maximum atomic E-state index is 11.5. The molecule has 2 amide bonds. The molecular weight excluding hydrogens is 232 g/mol. The van der Waals surface area contributed by atoms with Gasteiger partial charge in [-0.3, -0.25) is 4.79 Å². The summed E-state index contributed by atoms with van der Waals surface area (Å²) in [6.45, 7) is 0. The molecule has 84 valence electrons. The van der Waals surface area contributed by atoms with E-state index in [0.717, 1.165) is 7.05 Å². The number of rotatable bonds is 1. The standard InChI is InChI=1S/C10H8N2O3.ClH/c1-12(10(14)15)9(13)8-4-2-3-7(5-8)6-11;/h2-5H,1H3,(H,14,15);1H. The SMILES string of the molecule is CN(C(=O)O)C(=O)c1cccc(C#N)c1.Cl. The van der Waals surface area contributed by atoms with E-state index in [-0.39, 0.29) is 18.0 Å². The Morgan fingerprint density at radius 2 is 2.06 bits per heavy atom. The Balaban J connectivity index is 0.00000225. The largest absolute Gasteiger partial charge is 0.465 e. The van der Waals surface area contributed by atoms with E-state index in [2.05, 4.69) is 0 Å². The van der Waals surface area contributed by atoms with Crippen LogP contribution in [-0.4, -0.2) is 29.1 Å². The molecule has 0 saturated heterocycles. The van der Waals surface area contributed by atoms with Crippen LogP contribution in [0.15, 0.2) is 24.3 Å². The highest BCUT2D eigenvalue weighted by Gasteiger charge is 2.17. The normalized spacial score (nSPS) is 8.50. The molecule has 0 unspecified atom stereocenters. The van der Waals surface area contributed by atoms with E-state index in [1.165, 1.54) is 24.3 Å². The number of hydrogen-bond donors (Lipinski definition) is 1. The first-order chi connectivity index (χ1) is 7.06. The third-order valence-corrected chi connectivity index (χ3v) is 1.83. The average Bonchev–Trinajstić information content (AvgIpc) is 2.27. The lowest BCUT2D eigenvalue weighted by molar-refractivity contribution is 0.0781. The van der Waals surface area contributed by atoms with Gasteiger partial charge in [-0.15, -0.1) is 12.4 Å². The highest BCUT2D eigenvalue weighted by atomic mass is 35.5. The van der Waals surface area contributed by atoms with Crippen molar-refractivity contribution in [3.63, 3.8) is 0 Å². The summed E-state index contributed by atoms with van der Waals surface area (Å²) in [6.07, 6.45) is -1.33. The van der Waals surface area contributed by atoms with Gasteiger partial charge in [0.25, 0.3) is 5.91 Å². The van der Waals surface area contributed by atoms with Crippen LogP contribution in [0.2, 0.25) is 0 Å². The van der Waals surface area contributed by atoms with Gasteiger partial charge in [-0.1, -0.05) is 6.07 Å². The van der Waals surface area contributed by atoms with Crippen LogP contribution in [-0.2, 0) is 0 Å². The second kappa shape index (κ2) is 5.73. The van der Waals surface area contributed by atoms with Crippen LogP contribution in [0.5, 0.6) is 0 Å². The molecule has 0 bridgehead atoms.